The van der Waals surface area contributed by atoms with Crippen molar-refractivity contribution in [1.29, 1.82) is 0 Å². The van der Waals surface area contributed by atoms with Gasteiger partial charge in [-0.05, 0) is 6.07 Å². The van der Waals surface area contributed by atoms with Gasteiger partial charge in [0, 0.05) is 26.2 Å². The molecule has 0 aliphatic carbocycles. The van der Waals surface area contributed by atoms with Gasteiger partial charge in [-0.2, -0.15) is 0 Å². The van der Waals surface area contributed by atoms with Crippen molar-refractivity contribution in [3.8, 4) is 0 Å². The number of halogens is 1. The van der Waals surface area contributed by atoms with E-state index in [-0.39, 0.29) is 5.78 Å². The standard InChI is InChI=1S/C11H13ClN2O2/c1-8(15)11-10(6-9(12)7-13-11)14-2-4-16-5-3-14/h6-7H,2-5H2,1H3. The van der Waals surface area contributed by atoms with E-state index in [0.717, 1.165) is 18.8 Å². The van der Waals surface area contributed by atoms with Crippen molar-refractivity contribution >= 4 is 23.1 Å². The van der Waals surface area contributed by atoms with Gasteiger partial charge in [-0.15, -0.1) is 0 Å². The molecule has 0 amide bonds. The van der Waals surface area contributed by atoms with Gasteiger partial charge in [0.15, 0.2) is 5.78 Å². The lowest BCUT2D eigenvalue weighted by Crippen LogP contribution is -2.37. The molecule has 16 heavy (non-hydrogen) atoms. The summed E-state index contributed by atoms with van der Waals surface area (Å²) < 4.78 is 5.27. The maximum Gasteiger partial charge on any atom is 0.180 e. The molecule has 2 heterocycles. The molecule has 4 nitrogen and oxygen atoms in total. The van der Waals surface area contributed by atoms with Gasteiger partial charge in [-0.25, -0.2) is 4.98 Å². The van der Waals surface area contributed by atoms with Crippen molar-refractivity contribution in [3.63, 3.8) is 0 Å². The molecule has 86 valence electrons. The number of ether oxygens (including phenoxy) is 1. The average Bonchev–Trinajstić information content (AvgIpc) is 2.29. The van der Waals surface area contributed by atoms with Crippen molar-refractivity contribution in [3.05, 3.63) is 23.0 Å². The lowest BCUT2D eigenvalue weighted by molar-refractivity contribution is 0.101. The number of rotatable bonds is 2. The number of Topliss-reactive ketones (excluding diaryl/α,β-unsaturated/α-hetero) is 1. The predicted molar refractivity (Wildman–Crippen MR) is 62.3 cm³/mol. The highest BCUT2D eigenvalue weighted by atomic mass is 35.5. The molecule has 0 atom stereocenters. The van der Waals surface area contributed by atoms with Crippen molar-refractivity contribution in [2.75, 3.05) is 31.2 Å². The third-order valence-corrected chi connectivity index (χ3v) is 2.73. The number of pyridine rings is 1. The summed E-state index contributed by atoms with van der Waals surface area (Å²) in [6.45, 7) is 4.39. The van der Waals surface area contributed by atoms with Crippen LogP contribution in [-0.4, -0.2) is 37.1 Å². The zero-order chi connectivity index (χ0) is 11.5. The minimum absolute atomic E-state index is 0.0434. The monoisotopic (exact) mass is 240 g/mol. The number of hydrogen-bond acceptors (Lipinski definition) is 4. The highest BCUT2D eigenvalue weighted by Crippen LogP contribution is 2.24. The molecule has 0 aromatic carbocycles. The lowest BCUT2D eigenvalue weighted by Gasteiger charge is -2.29. The summed E-state index contributed by atoms with van der Waals surface area (Å²) in [6, 6.07) is 1.79. The maximum atomic E-state index is 11.5. The fourth-order valence-electron chi connectivity index (χ4n) is 1.75. The molecular formula is C11H13ClN2O2. The fourth-order valence-corrected chi connectivity index (χ4v) is 1.90. The molecule has 2 rings (SSSR count). The zero-order valence-corrected chi connectivity index (χ0v) is 9.83. The quantitative estimate of drug-likeness (QED) is 0.739. The van der Waals surface area contributed by atoms with Crippen LogP contribution in [0.4, 0.5) is 5.69 Å². The molecule has 1 fully saturated rings. The average molecular weight is 241 g/mol. The Morgan fingerprint density at radius 1 is 1.50 bits per heavy atom. The van der Waals surface area contributed by atoms with Gasteiger partial charge >= 0.3 is 0 Å². The molecule has 1 saturated heterocycles. The van der Waals surface area contributed by atoms with Gasteiger partial charge in [0.2, 0.25) is 0 Å². The largest absolute Gasteiger partial charge is 0.378 e. The van der Waals surface area contributed by atoms with Crippen LogP contribution in [0.15, 0.2) is 12.3 Å². The minimum atomic E-state index is -0.0434. The van der Waals surface area contributed by atoms with Crippen LogP contribution < -0.4 is 4.90 Å². The Kier molecular flexibility index (Phi) is 3.41. The number of nitrogens with zero attached hydrogens (tertiary/aromatic N) is 2. The Balaban J connectivity index is 2.36. The number of morpholine rings is 1. The second-order valence-corrected chi connectivity index (χ2v) is 4.11. The van der Waals surface area contributed by atoms with Gasteiger partial charge in [0.05, 0.1) is 23.9 Å². The third-order valence-electron chi connectivity index (χ3n) is 2.52. The van der Waals surface area contributed by atoms with E-state index in [0.29, 0.717) is 23.9 Å². The first-order chi connectivity index (χ1) is 7.68. The number of ketones is 1. The van der Waals surface area contributed by atoms with Crippen LogP contribution in [-0.2, 0) is 4.74 Å². The van der Waals surface area contributed by atoms with Gasteiger partial charge in [0.25, 0.3) is 0 Å². The molecule has 1 aliphatic heterocycles. The first-order valence-corrected chi connectivity index (χ1v) is 5.55. The second-order valence-electron chi connectivity index (χ2n) is 3.68. The summed E-state index contributed by atoms with van der Waals surface area (Å²) in [6.07, 6.45) is 1.50. The van der Waals surface area contributed by atoms with Gasteiger partial charge in [0.1, 0.15) is 5.69 Å². The summed E-state index contributed by atoms with van der Waals surface area (Å²) in [5.41, 5.74) is 1.29. The van der Waals surface area contributed by atoms with Crippen molar-refractivity contribution < 1.29 is 9.53 Å². The molecule has 5 heteroatoms. The summed E-state index contributed by atoms with van der Waals surface area (Å²) in [5.74, 6) is -0.0434. The van der Waals surface area contributed by atoms with Crippen LogP contribution in [0.2, 0.25) is 5.02 Å². The summed E-state index contributed by atoms with van der Waals surface area (Å²) >= 11 is 5.91. The molecule has 0 spiro atoms. The highest BCUT2D eigenvalue weighted by Gasteiger charge is 2.18. The predicted octanol–water partition coefficient (Wildman–Crippen LogP) is 1.77. The van der Waals surface area contributed by atoms with E-state index < -0.39 is 0 Å². The van der Waals surface area contributed by atoms with E-state index in [1.807, 2.05) is 0 Å². The van der Waals surface area contributed by atoms with E-state index in [9.17, 15) is 4.79 Å². The molecule has 0 unspecified atom stereocenters. The van der Waals surface area contributed by atoms with E-state index in [1.54, 1.807) is 6.07 Å². The van der Waals surface area contributed by atoms with Gasteiger partial charge in [-0.3, -0.25) is 4.79 Å². The summed E-state index contributed by atoms with van der Waals surface area (Å²) in [4.78, 5) is 17.6. The first kappa shape index (κ1) is 11.4. The fraction of sp³-hybridized carbons (Fsp3) is 0.455. The molecule has 1 aromatic heterocycles. The molecule has 0 radical (unpaired) electrons. The Morgan fingerprint density at radius 2 is 2.19 bits per heavy atom. The van der Waals surface area contributed by atoms with Crippen LogP contribution in [0, 0.1) is 0 Å². The molecular weight excluding hydrogens is 228 g/mol. The summed E-state index contributed by atoms with van der Waals surface area (Å²) in [5, 5.41) is 0.548. The van der Waals surface area contributed by atoms with Crippen LogP contribution in [0.25, 0.3) is 0 Å². The maximum absolute atomic E-state index is 11.5. The first-order valence-electron chi connectivity index (χ1n) is 5.17. The number of carbonyl (C=O) groups excluding carboxylic acids is 1. The summed E-state index contributed by atoms with van der Waals surface area (Å²) in [7, 11) is 0. The van der Waals surface area contributed by atoms with E-state index in [4.69, 9.17) is 16.3 Å². The SMILES string of the molecule is CC(=O)c1ncc(Cl)cc1N1CCOCC1. The Bertz CT molecular complexity index is 403. The van der Waals surface area contributed by atoms with E-state index in [2.05, 4.69) is 9.88 Å². The minimum Gasteiger partial charge on any atom is -0.378 e. The molecule has 0 N–H and O–H groups in total. The van der Waals surface area contributed by atoms with Crippen LogP contribution >= 0.6 is 11.6 Å². The van der Waals surface area contributed by atoms with Crippen LogP contribution in [0.1, 0.15) is 17.4 Å². The topological polar surface area (TPSA) is 42.4 Å². The Labute approximate surface area is 99.2 Å². The van der Waals surface area contributed by atoms with Crippen molar-refractivity contribution in [2.45, 2.75) is 6.92 Å². The molecule has 1 aliphatic rings. The Hall–Kier alpha value is -1.13. The van der Waals surface area contributed by atoms with Crippen molar-refractivity contribution in [1.82, 2.24) is 4.98 Å². The van der Waals surface area contributed by atoms with Gasteiger partial charge < -0.3 is 9.64 Å². The molecule has 0 saturated carbocycles. The lowest BCUT2D eigenvalue weighted by atomic mass is 10.2. The third kappa shape index (κ3) is 2.33. The van der Waals surface area contributed by atoms with Crippen molar-refractivity contribution in [2.24, 2.45) is 0 Å². The number of hydrogen-bond donors (Lipinski definition) is 0. The number of carbonyl (C=O) groups is 1. The van der Waals surface area contributed by atoms with Crippen LogP contribution in [0.5, 0.6) is 0 Å². The zero-order valence-electron chi connectivity index (χ0n) is 9.07. The molecule has 1 aromatic rings. The Morgan fingerprint density at radius 3 is 2.81 bits per heavy atom. The van der Waals surface area contributed by atoms with E-state index in [1.165, 1.54) is 13.1 Å². The smallest absolute Gasteiger partial charge is 0.180 e. The van der Waals surface area contributed by atoms with Gasteiger partial charge in [-0.1, -0.05) is 11.6 Å². The number of aromatic nitrogens is 1. The number of anilines is 1. The van der Waals surface area contributed by atoms with E-state index >= 15 is 0 Å². The molecule has 0 bridgehead atoms. The highest BCUT2D eigenvalue weighted by molar-refractivity contribution is 6.30. The van der Waals surface area contributed by atoms with Crippen LogP contribution in [0.3, 0.4) is 0 Å². The normalized spacial score (nSPS) is 16.2. The second kappa shape index (κ2) is 4.80.